The fraction of sp³-hybridized carbons (Fsp3) is 0.125. The molecular weight excluding hydrogens is 330 g/mol. The molecular formula is C16H14F2N6O. The van der Waals surface area contributed by atoms with Crippen molar-refractivity contribution in [2.24, 2.45) is 0 Å². The van der Waals surface area contributed by atoms with E-state index >= 15 is 0 Å². The van der Waals surface area contributed by atoms with E-state index in [4.69, 9.17) is 0 Å². The maximum absolute atomic E-state index is 13.6. The number of pyridine rings is 1. The predicted molar refractivity (Wildman–Crippen MR) is 85.6 cm³/mol. The number of hydrogen-bond donors (Lipinski definition) is 2. The molecule has 9 heteroatoms. The predicted octanol–water partition coefficient (Wildman–Crippen LogP) is 2.32. The lowest BCUT2D eigenvalue weighted by atomic mass is 10.2. The van der Waals surface area contributed by atoms with Crippen molar-refractivity contribution in [2.75, 3.05) is 5.32 Å². The Bertz CT molecular complexity index is 848. The Kier molecular flexibility index (Phi) is 4.93. The van der Waals surface area contributed by atoms with Crippen molar-refractivity contribution in [3.63, 3.8) is 0 Å². The number of rotatable bonds is 5. The van der Waals surface area contributed by atoms with Crippen molar-refractivity contribution >= 4 is 11.8 Å². The van der Waals surface area contributed by atoms with Crippen LogP contribution in [0.4, 0.5) is 19.4 Å². The lowest BCUT2D eigenvalue weighted by molar-refractivity contribution is 0.251. The van der Waals surface area contributed by atoms with Crippen LogP contribution in [0.5, 0.6) is 0 Å². The third kappa shape index (κ3) is 4.34. The van der Waals surface area contributed by atoms with Gasteiger partial charge >= 0.3 is 6.03 Å². The maximum Gasteiger partial charge on any atom is 0.320 e. The van der Waals surface area contributed by atoms with Crippen molar-refractivity contribution < 1.29 is 13.6 Å². The molecule has 3 aromatic rings. The topological polar surface area (TPSA) is 84.7 Å². The lowest BCUT2D eigenvalue weighted by Crippen LogP contribution is -2.28. The Balaban J connectivity index is 1.57. The number of benzene rings is 1. The molecule has 2 heterocycles. The molecule has 25 heavy (non-hydrogen) atoms. The van der Waals surface area contributed by atoms with Gasteiger partial charge in [0.1, 0.15) is 11.6 Å². The van der Waals surface area contributed by atoms with Crippen LogP contribution in [0.3, 0.4) is 0 Å². The summed E-state index contributed by atoms with van der Waals surface area (Å²) in [6, 6.07) is 6.71. The normalized spacial score (nSPS) is 10.5. The third-order valence-corrected chi connectivity index (χ3v) is 3.36. The van der Waals surface area contributed by atoms with Gasteiger partial charge in [-0.1, -0.05) is 11.3 Å². The van der Waals surface area contributed by atoms with E-state index in [0.717, 1.165) is 5.56 Å². The average Bonchev–Trinajstić information content (AvgIpc) is 3.04. The van der Waals surface area contributed by atoms with Crippen LogP contribution in [0.2, 0.25) is 0 Å². The molecule has 0 aliphatic rings. The van der Waals surface area contributed by atoms with E-state index < -0.39 is 17.7 Å². The first-order valence-corrected chi connectivity index (χ1v) is 7.38. The second-order valence-corrected chi connectivity index (χ2v) is 5.16. The highest BCUT2D eigenvalue weighted by molar-refractivity contribution is 5.87. The summed E-state index contributed by atoms with van der Waals surface area (Å²) in [7, 11) is 0. The first kappa shape index (κ1) is 16.5. The van der Waals surface area contributed by atoms with Gasteiger partial charge < -0.3 is 5.32 Å². The minimum atomic E-state index is -0.667. The summed E-state index contributed by atoms with van der Waals surface area (Å²) in [5, 5.41) is 12.7. The number of carbonyl (C=O) groups is 1. The van der Waals surface area contributed by atoms with E-state index in [2.05, 4.69) is 25.9 Å². The Morgan fingerprint density at radius 3 is 2.56 bits per heavy atom. The number of anilines is 1. The monoisotopic (exact) mass is 344 g/mol. The molecule has 0 saturated carbocycles. The van der Waals surface area contributed by atoms with E-state index in [1.165, 1.54) is 29.1 Å². The Labute approximate surface area is 141 Å². The number of amides is 2. The third-order valence-electron chi connectivity index (χ3n) is 3.36. The molecule has 0 aliphatic heterocycles. The van der Waals surface area contributed by atoms with Gasteiger partial charge in [-0.05, 0) is 29.8 Å². The number of nitrogens with one attached hydrogen (secondary N) is 2. The molecule has 128 valence electrons. The zero-order chi connectivity index (χ0) is 17.6. The van der Waals surface area contributed by atoms with Gasteiger partial charge in [0.15, 0.2) is 5.82 Å². The summed E-state index contributed by atoms with van der Waals surface area (Å²) in [5.74, 6) is -1.16. The fourth-order valence-corrected chi connectivity index (χ4v) is 2.12. The SMILES string of the molecule is O=C(NCc1ccncc1)Nc1cn(Cc2c(F)cccc2F)nn1. The zero-order valence-electron chi connectivity index (χ0n) is 13.0. The van der Waals surface area contributed by atoms with Gasteiger partial charge in [-0.2, -0.15) is 0 Å². The molecule has 0 atom stereocenters. The van der Waals surface area contributed by atoms with Crippen LogP contribution in [0, 0.1) is 11.6 Å². The molecule has 0 radical (unpaired) electrons. The Morgan fingerprint density at radius 1 is 1.12 bits per heavy atom. The molecule has 2 amide bonds. The number of urea groups is 1. The molecule has 0 fully saturated rings. The van der Waals surface area contributed by atoms with Crippen LogP contribution >= 0.6 is 0 Å². The number of hydrogen-bond acceptors (Lipinski definition) is 4. The van der Waals surface area contributed by atoms with Crippen LogP contribution in [0.1, 0.15) is 11.1 Å². The second kappa shape index (κ2) is 7.47. The quantitative estimate of drug-likeness (QED) is 0.744. The lowest BCUT2D eigenvalue weighted by Gasteiger charge is -2.05. The molecule has 2 N–H and O–H groups in total. The van der Waals surface area contributed by atoms with Gasteiger partial charge in [0.25, 0.3) is 0 Å². The summed E-state index contributed by atoms with van der Waals surface area (Å²) in [6.07, 6.45) is 4.64. The number of carbonyl (C=O) groups excluding carboxylic acids is 1. The van der Waals surface area contributed by atoms with Crippen molar-refractivity contribution in [1.82, 2.24) is 25.3 Å². The summed E-state index contributed by atoms with van der Waals surface area (Å²) < 4.78 is 28.5. The number of nitrogens with zero attached hydrogens (tertiary/aromatic N) is 4. The highest BCUT2D eigenvalue weighted by atomic mass is 19.1. The minimum absolute atomic E-state index is 0.124. The van der Waals surface area contributed by atoms with E-state index in [0.29, 0.717) is 6.54 Å². The molecule has 7 nitrogen and oxygen atoms in total. The van der Waals surface area contributed by atoms with E-state index in [9.17, 15) is 13.6 Å². The highest BCUT2D eigenvalue weighted by Crippen LogP contribution is 2.13. The molecule has 3 rings (SSSR count). The Hall–Kier alpha value is -3.36. The molecule has 0 spiro atoms. The summed E-state index contributed by atoms with van der Waals surface area (Å²) in [5.41, 5.74) is 0.768. The second-order valence-electron chi connectivity index (χ2n) is 5.16. The van der Waals surface area contributed by atoms with Gasteiger partial charge in [-0.15, -0.1) is 5.10 Å². The molecule has 0 saturated heterocycles. The fourth-order valence-electron chi connectivity index (χ4n) is 2.12. The smallest absolute Gasteiger partial charge is 0.320 e. The first-order chi connectivity index (χ1) is 12.1. The van der Waals surface area contributed by atoms with Gasteiger partial charge in [-0.25, -0.2) is 18.3 Å². The van der Waals surface area contributed by atoms with Gasteiger partial charge in [0.2, 0.25) is 0 Å². The largest absolute Gasteiger partial charge is 0.334 e. The van der Waals surface area contributed by atoms with Crippen molar-refractivity contribution in [2.45, 2.75) is 13.1 Å². The van der Waals surface area contributed by atoms with Crippen molar-refractivity contribution in [3.8, 4) is 0 Å². The molecule has 2 aromatic heterocycles. The number of halogens is 2. The summed E-state index contributed by atoms with van der Waals surface area (Å²) in [6.45, 7) is 0.189. The van der Waals surface area contributed by atoms with Crippen LogP contribution in [-0.4, -0.2) is 26.0 Å². The molecule has 0 unspecified atom stereocenters. The Morgan fingerprint density at radius 2 is 1.84 bits per heavy atom. The van der Waals surface area contributed by atoms with Crippen LogP contribution in [0.25, 0.3) is 0 Å². The summed E-state index contributed by atoms with van der Waals surface area (Å²) in [4.78, 5) is 15.7. The molecule has 0 aliphatic carbocycles. The first-order valence-electron chi connectivity index (χ1n) is 7.38. The van der Waals surface area contributed by atoms with Gasteiger partial charge in [-0.3, -0.25) is 10.3 Å². The van der Waals surface area contributed by atoms with E-state index in [1.807, 2.05) is 0 Å². The highest BCUT2D eigenvalue weighted by Gasteiger charge is 2.11. The maximum atomic E-state index is 13.6. The zero-order valence-corrected chi connectivity index (χ0v) is 13.0. The van der Waals surface area contributed by atoms with Gasteiger partial charge in [0, 0.05) is 24.5 Å². The van der Waals surface area contributed by atoms with Crippen molar-refractivity contribution in [1.29, 1.82) is 0 Å². The average molecular weight is 344 g/mol. The molecule has 1 aromatic carbocycles. The van der Waals surface area contributed by atoms with Crippen LogP contribution in [0.15, 0.2) is 48.9 Å². The standard InChI is InChI=1S/C16H14F2N6O/c17-13-2-1-3-14(18)12(13)9-24-10-15(22-23-24)21-16(25)20-8-11-4-6-19-7-5-11/h1-7,10H,8-9H2,(H2,20,21,25). The minimum Gasteiger partial charge on any atom is -0.334 e. The van der Waals surface area contributed by atoms with Gasteiger partial charge in [0.05, 0.1) is 12.7 Å². The van der Waals surface area contributed by atoms with Crippen molar-refractivity contribution in [3.05, 3.63) is 71.7 Å². The van der Waals surface area contributed by atoms with Crippen LogP contribution < -0.4 is 10.6 Å². The number of aromatic nitrogens is 4. The summed E-state index contributed by atoms with van der Waals surface area (Å²) >= 11 is 0. The van der Waals surface area contributed by atoms with Crippen LogP contribution in [-0.2, 0) is 13.1 Å². The van der Waals surface area contributed by atoms with E-state index in [-0.39, 0.29) is 17.9 Å². The molecule has 0 bridgehead atoms. The van der Waals surface area contributed by atoms with E-state index in [1.54, 1.807) is 24.5 Å².